The monoisotopic (exact) mass is 262 g/mol. The molecule has 0 bridgehead atoms. The lowest BCUT2D eigenvalue weighted by Gasteiger charge is -2.22. The van der Waals surface area contributed by atoms with E-state index < -0.39 is 0 Å². The van der Waals surface area contributed by atoms with Crippen LogP contribution in [0.5, 0.6) is 0 Å². The first kappa shape index (κ1) is 15.7. The molecule has 0 spiro atoms. The maximum atomic E-state index is 12.4. The predicted octanol–water partition coefficient (Wildman–Crippen LogP) is 2.54. The summed E-state index contributed by atoms with van der Waals surface area (Å²) >= 11 is 0. The van der Waals surface area contributed by atoms with Gasteiger partial charge in [-0.05, 0) is 31.5 Å². The zero-order valence-corrected chi connectivity index (χ0v) is 12.3. The molecule has 2 atom stereocenters. The minimum absolute atomic E-state index is 0.0409. The lowest BCUT2D eigenvalue weighted by Crippen LogP contribution is -2.34. The van der Waals surface area contributed by atoms with Crippen molar-refractivity contribution in [1.29, 1.82) is 0 Å². The van der Waals surface area contributed by atoms with E-state index in [0.29, 0.717) is 5.92 Å². The lowest BCUT2D eigenvalue weighted by atomic mass is 9.85. The molecule has 0 saturated carbocycles. The van der Waals surface area contributed by atoms with Gasteiger partial charge in [0.05, 0.1) is 5.92 Å². The zero-order chi connectivity index (χ0) is 14.1. The van der Waals surface area contributed by atoms with Crippen LogP contribution in [0.1, 0.15) is 38.2 Å². The molecule has 0 aromatic heterocycles. The van der Waals surface area contributed by atoms with Crippen molar-refractivity contribution >= 4 is 5.91 Å². The van der Waals surface area contributed by atoms with Crippen LogP contribution >= 0.6 is 0 Å². The van der Waals surface area contributed by atoms with Gasteiger partial charge in [-0.15, -0.1) is 0 Å². The Hall–Kier alpha value is -1.35. The van der Waals surface area contributed by atoms with Crippen molar-refractivity contribution in [2.75, 3.05) is 20.1 Å². The molecule has 2 unspecified atom stereocenters. The van der Waals surface area contributed by atoms with Crippen molar-refractivity contribution in [3.63, 3.8) is 0 Å². The summed E-state index contributed by atoms with van der Waals surface area (Å²) in [6.45, 7) is 5.94. The maximum absolute atomic E-state index is 12.4. The van der Waals surface area contributed by atoms with E-state index in [1.54, 1.807) is 0 Å². The van der Waals surface area contributed by atoms with Crippen LogP contribution in [0.25, 0.3) is 0 Å². The molecule has 0 radical (unpaired) electrons. The van der Waals surface area contributed by atoms with E-state index in [4.69, 9.17) is 0 Å². The van der Waals surface area contributed by atoms with Gasteiger partial charge in [-0.3, -0.25) is 4.79 Å². The van der Waals surface area contributed by atoms with Crippen molar-refractivity contribution < 1.29 is 4.79 Å². The molecule has 0 aliphatic carbocycles. The summed E-state index contributed by atoms with van der Waals surface area (Å²) in [7, 11) is 1.92. The van der Waals surface area contributed by atoms with Crippen LogP contribution in [0.2, 0.25) is 0 Å². The molecule has 0 heterocycles. The Morgan fingerprint density at radius 1 is 1.21 bits per heavy atom. The zero-order valence-electron chi connectivity index (χ0n) is 12.3. The topological polar surface area (TPSA) is 41.1 Å². The van der Waals surface area contributed by atoms with Crippen LogP contribution in [0.3, 0.4) is 0 Å². The minimum atomic E-state index is -0.0409. The molecule has 1 aromatic carbocycles. The highest BCUT2D eigenvalue weighted by molar-refractivity contribution is 5.83. The van der Waals surface area contributed by atoms with Crippen molar-refractivity contribution in [2.24, 2.45) is 5.92 Å². The van der Waals surface area contributed by atoms with E-state index in [9.17, 15) is 4.79 Å². The Morgan fingerprint density at radius 3 is 2.47 bits per heavy atom. The molecule has 106 valence electrons. The molecular formula is C16H26N2O. The molecular weight excluding hydrogens is 236 g/mol. The second-order valence-electron chi connectivity index (χ2n) is 5.02. The predicted molar refractivity (Wildman–Crippen MR) is 80.2 cm³/mol. The highest BCUT2D eigenvalue weighted by Gasteiger charge is 2.25. The minimum Gasteiger partial charge on any atom is -0.356 e. The summed E-state index contributed by atoms with van der Waals surface area (Å²) in [5.74, 6) is 0.462. The summed E-state index contributed by atoms with van der Waals surface area (Å²) in [6, 6.07) is 10.1. The summed E-state index contributed by atoms with van der Waals surface area (Å²) in [4.78, 5) is 12.4. The first-order valence-corrected chi connectivity index (χ1v) is 7.18. The lowest BCUT2D eigenvalue weighted by molar-refractivity contribution is -0.123. The van der Waals surface area contributed by atoms with Gasteiger partial charge in [-0.1, -0.05) is 50.6 Å². The van der Waals surface area contributed by atoms with Gasteiger partial charge in [0.2, 0.25) is 5.91 Å². The highest BCUT2D eigenvalue weighted by atomic mass is 16.1. The fraction of sp³-hybridized carbons (Fsp3) is 0.562. The number of nitrogens with one attached hydrogen (secondary N) is 2. The van der Waals surface area contributed by atoms with Crippen molar-refractivity contribution in [1.82, 2.24) is 10.6 Å². The normalized spacial score (nSPS) is 13.8. The fourth-order valence-corrected chi connectivity index (χ4v) is 2.22. The van der Waals surface area contributed by atoms with Gasteiger partial charge in [0.15, 0.2) is 0 Å². The number of carbonyl (C=O) groups excluding carboxylic acids is 1. The van der Waals surface area contributed by atoms with Gasteiger partial charge < -0.3 is 10.6 Å². The third kappa shape index (κ3) is 5.03. The molecule has 0 aliphatic rings. The molecule has 3 nitrogen and oxygen atoms in total. The second-order valence-corrected chi connectivity index (χ2v) is 5.02. The Labute approximate surface area is 116 Å². The van der Waals surface area contributed by atoms with E-state index in [1.165, 1.54) is 0 Å². The molecule has 3 heteroatoms. The number of hydrogen-bond donors (Lipinski definition) is 2. The van der Waals surface area contributed by atoms with E-state index in [-0.39, 0.29) is 11.8 Å². The number of hydrogen-bond acceptors (Lipinski definition) is 2. The van der Waals surface area contributed by atoms with Crippen LogP contribution in [-0.2, 0) is 4.79 Å². The van der Waals surface area contributed by atoms with Crippen molar-refractivity contribution in [3.8, 4) is 0 Å². The number of rotatable bonds is 8. The van der Waals surface area contributed by atoms with Crippen LogP contribution in [0.15, 0.2) is 30.3 Å². The van der Waals surface area contributed by atoms with Crippen LogP contribution in [0.4, 0.5) is 0 Å². The summed E-state index contributed by atoms with van der Waals surface area (Å²) in [5.41, 5.74) is 1.11. The molecule has 0 saturated heterocycles. The number of benzene rings is 1. The van der Waals surface area contributed by atoms with E-state index >= 15 is 0 Å². The van der Waals surface area contributed by atoms with Gasteiger partial charge in [0.25, 0.3) is 0 Å². The molecule has 19 heavy (non-hydrogen) atoms. The van der Waals surface area contributed by atoms with Gasteiger partial charge in [0, 0.05) is 6.54 Å². The Morgan fingerprint density at radius 2 is 1.89 bits per heavy atom. The quantitative estimate of drug-likeness (QED) is 0.707. The van der Waals surface area contributed by atoms with E-state index in [0.717, 1.165) is 31.5 Å². The third-order valence-corrected chi connectivity index (χ3v) is 3.56. The number of carbonyl (C=O) groups is 1. The number of amides is 1. The average Bonchev–Trinajstić information content (AvgIpc) is 2.45. The smallest absolute Gasteiger partial charge is 0.227 e. The van der Waals surface area contributed by atoms with Gasteiger partial charge >= 0.3 is 0 Å². The Bertz CT molecular complexity index is 364. The highest BCUT2D eigenvalue weighted by Crippen LogP contribution is 2.26. The molecule has 0 fully saturated rings. The summed E-state index contributed by atoms with van der Waals surface area (Å²) in [5, 5.41) is 6.14. The first-order chi connectivity index (χ1) is 9.20. The SMILES string of the molecule is CCC(C)C(C(=O)NCCCNC)c1ccccc1. The van der Waals surface area contributed by atoms with Gasteiger partial charge in [-0.2, -0.15) is 0 Å². The molecule has 1 amide bonds. The van der Waals surface area contributed by atoms with Crippen molar-refractivity contribution in [3.05, 3.63) is 35.9 Å². The van der Waals surface area contributed by atoms with Crippen LogP contribution in [-0.4, -0.2) is 26.0 Å². The average molecular weight is 262 g/mol. The Balaban J connectivity index is 2.67. The molecule has 2 N–H and O–H groups in total. The summed E-state index contributed by atoms with van der Waals surface area (Å²) in [6.07, 6.45) is 1.97. The van der Waals surface area contributed by atoms with Crippen molar-refractivity contribution in [2.45, 2.75) is 32.6 Å². The third-order valence-electron chi connectivity index (χ3n) is 3.56. The van der Waals surface area contributed by atoms with E-state index in [2.05, 4.69) is 24.5 Å². The second kappa shape index (κ2) is 8.70. The maximum Gasteiger partial charge on any atom is 0.227 e. The first-order valence-electron chi connectivity index (χ1n) is 7.18. The molecule has 1 rings (SSSR count). The standard InChI is InChI=1S/C16H26N2O/c1-4-13(2)15(14-9-6-5-7-10-14)16(19)18-12-8-11-17-3/h5-7,9-10,13,15,17H,4,8,11-12H2,1-3H3,(H,18,19). The fourth-order valence-electron chi connectivity index (χ4n) is 2.22. The van der Waals surface area contributed by atoms with Gasteiger partial charge in [0.1, 0.15) is 0 Å². The van der Waals surface area contributed by atoms with E-state index in [1.807, 2.05) is 37.4 Å². The molecule has 0 aliphatic heterocycles. The largest absolute Gasteiger partial charge is 0.356 e. The van der Waals surface area contributed by atoms with Crippen LogP contribution < -0.4 is 10.6 Å². The Kier molecular flexibility index (Phi) is 7.19. The molecule has 1 aromatic rings. The van der Waals surface area contributed by atoms with Gasteiger partial charge in [-0.25, -0.2) is 0 Å². The van der Waals surface area contributed by atoms with Crippen LogP contribution in [0, 0.1) is 5.92 Å². The summed E-state index contributed by atoms with van der Waals surface area (Å²) < 4.78 is 0.